The maximum absolute atomic E-state index is 12.4. The van der Waals surface area contributed by atoms with Crippen molar-refractivity contribution in [1.29, 1.82) is 0 Å². The van der Waals surface area contributed by atoms with Gasteiger partial charge in [0.15, 0.2) is 0 Å². The largest absolute Gasteiger partial charge is 0.497 e. The Morgan fingerprint density at radius 3 is 1.80 bits per heavy atom. The molecule has 0 aliphatic carbocycles. The lowest BCUT2D eigenvalue weighted by Crippen LogP contribution is -2.26. The number of methoxy groups -OCH3 is 3. The molecule has 8 heteroatoms. The number of hydrogen-bond donors (Lipinski definition) is 1. The van der Waals surface area contributed by atoms with E-state index in [0.717, 1.165) is 21.7 Å². The van der Waals surface area contributed by atoms with Crippen LogP contribution in [0.5, 0.6) is 17.2 Å². The van der Waals surface area contributed by atoms with E-state index >= 15 is 0 Å². The summed E-state index contributed by atoms with van der Waals surface area (Å²) in [4.78, 5) is -0.122. The molecule has 0 saturated carbocycles. The Bertz CT molecular complexity index is 1410. The fourth-order valence-electron chi connectivity index (χ4n) is 4.00. The molecule has 1 unspecified atom stereocenters. The molecule has 0 aliphatic rings. The molecule has 0 spiro atoms. The number of hydrogen-bond acceptors (Lipinski definition) is 5. The van der Waals surface area contributed by atoms with Crippen LogP contribution in [0.2, 0.25) is 0 Å². The van der Waals surface area contributed by atoms with Gasteiger partial charge in [0.05, 0.1) is 26.9 Å². The van der Waals surface area contributed by atoms with E-state index in [0.29, 0.717) is 22.6 Å². The zero-order chi connectivity index (χ0) is 25.0. The van der Waals surface area contributed by atoms with E-state index in [1.807, 2.05) is 66.7 Å². The van der Waals surface area contributed by atoms with Gasteiger partial charge in [0.25, 0.3) is 10.1 Å². The quantitative estimate of drug-likeness (QED) is 0.281. The van der Waals surface area contributed by atoms with E-state index in [1.54, 1.807) is 39.5 Å². The molecule has 1 N–H and O–H groups in total. The summed E-state index contributed by atoms with van der Waals surface area (Å²) < 4.78 is 51.5. The zero-order valence-electron chi connectivity index (χ0n) is 19.5. The second-order valence-corrected chi connectivity index (χ2v) is 11.1. The number of rotatable bonds is 8. The minimum atomic E-state index is -4.47. The van der Waals surface area contributed by atoms with E-state index in [4.69, 9.17) is 14.2 Å². The van der Waals surface area contributed by atoms with E-state index in [2.05, 4.69) is 0 Å². The predicted molar refractivity (Wildman–Crippen MR) is 140 cm³/mol. The van der Waals surface area contributed by atoms with Gasteiger partial charge < -0.3 is 14.2 Å². The lowest BCUT2D eigenvalue weighted by atomic mass is 10.0. The summed E-state index contributed by atoms with van der Waals surface area (Å²) in [5.74, 6) is 1.94. The summed E-state index contributed by atoms with van der Waals surface area (Å²) in [5.41, 5.74) is 1.60. The third-order valence-electron chi connectivity index (χ3n) is 5.56. The van der Waals surface area contributed by atoms with Crippen LogP contribution < -0.4 is 30.1 Å². The lowest BCUT2D eigenvalue weighted by Gasteiger charge is -2.25. The number of benzene rings is 4. The minimum absolute atomic E-state index is 0.122. The second kappa shape index (κ2) is 10.5. The van der Waals surface area contributed by atoms with Gasteiger partial charge in [-0.2, -0.15) is 8.42 Å². The summed E-state index contributed by atoms with van der Waals surface area (Å²) in [6.45, 7) is 0. The van der Waals surface area contributed by atoms with E-state index in [1.165, 1.54) is 6.07 Å². The van der Waals surface area contributed by atoms with Crippen molar-refractivity contribution >= 4 is 34.0 Å². The minimum Gasteiger partial charge on any atom is -0.497 e. The summed E-state index contributed by atoms with van der Waals surface area (Å²) in [6.07, 6.45) is 0. The van der Waals surface area contributed by atoms with E-state index in [-0.39, 0.29) is 4.90 Å². The van der Waals surface area contributed by atoms with Crippen LogP contribution in [0, 0.1) is 0 Å². The van der Waals surface area contributed by atoms with Crippen molar-refractivity contribution in [1.82, 2.24) is 0 Å². The van der Waals surface area contributed by atoms with Crippen LogP contribution >= 0.6 is 7.92 Å². The van der Waals surface area contributed by atoms with Gasteiger partial charge in [0, 0.05) is 5.30 Å². The molecular formula is C27H25O6PS. The maximum Gasteiger partial charge on any atom is 0.295 e. The topological polar surface area (TPSA) is 82.1 Å². The molecule has 0 aromatic heterocycles. The molecule has 4 aromatic carbocycles. The van der Waals surface area contributed by atoms with Crippen LogP contribution in [0.4, 0.5) is 0 Å². The Kier molecular flexibility index (Phi) is 7.41. The number of ether oxygens (including phenoxy) is 3. The van der Waals surface area contributed by atoms with Crippen molar-refractivity contribution in [3.63, 3.8) is 0 Å². The standard InChI is InChI=1S/C27H25O6PS/c1-31-19-15-17-20(18-16-19)34(25-13-6-7-14-26(25)35(28,29)30)24-12-5-4-9-21(24)27-22(32-2)10-8-11-23(27)33-3/h4-18H,1-3H3,(H,28,29,30). The highest BCUT2D eigenvalue weighted by Gasteiger charge is 2.28. The molecular weight excluding hydrogens is 483 g/mol. The fraction of sp³-hybridized carbons (Fsp3) is 0.111. The SMILES string of the molecule is COc1ccc(P(c2ccccc2-c2c(OC)cccc2OC)c2ccccc2S(=O)(=O)O)cc1. The van der Waals surface area contributed by atoms with Gasteiger partial charge in [0.1, 0.15) is 22.1 Å². The van der Waals surface area contributed by atoms with Gasteiger partial charge in [-0.3, -0.25) is 4.55 Å². The monoisotopic (exact) mass is 508 g/mol. The molecule has 180 valence electrons. The van der Waals surface area contributed by atoms with E-state index in [9.17, 15) is 13.0 Å². The Balaban J connectivity index is 2.06. The van der Waals surface area contributed by atoms with E-state index < -0.39 is 18.0 Å². The lowest BCUT2D eigenvalue weighted by molar-refractivity contribution is 0.397. The molecule has 1 atom stereocenters. The molecule has 6 nitrogen and oxygen atoms in total. The molecule has 4 aromatic rings. The van der Waals surface area contributed by atoms with Crippen molar-refractivity contribution in [2.45, 2.75) is 4.90 Å². The summed E-state index contributed by atoms with van der Waals surface area (Å²) >= 11 is 0. The molecule has 0 amide bonds. The maximum atomic E-state index is 12.4. The second-order valence-electron chi connectivity index (χ2n) is 7.53. The highest BCUT2D eigenvalue weighted by Crippen LogP contribution is 2.44. The molecule has 0 aliphatic heterocycles. The first-order valence-electron chi connectivity index (χ1n) is 10.7. The Labute approximate surface area is 206 Å². The van der Waals surface area contributed by atoms with Crippen LogP contribution in [0.25, 0.3) is 11.1 Å². The first-order valence-corrected chi connectivity index (χ1v) is 13.5. The van der Waals surface area contributed by atoms with Gasteiger partial charge in [-0.15, -0.1) is 0 Å². The average Bonchev–Trinajstić information content (AvgIpc) is 2.89. The van der Waals surface area contributed by atoms with Crippen LogP contribution in [-0.2, 0) is 10.1 Å². The Morgan fingerprint density at radius 2 is 1.23 bits per heavy atom. The first kappa shape index (κ1) is 24.7. The summed E-state index contributed by atoms with van der Waals surface area (Å²) in [7, 11) is -1.11. The predicted octanol–water partition coefficient (Wildman–Crippen LogP) is 4.38. The van der Waals surface area contributed by atoms with Gasteiger partial charge in [0.2, 0.25) is 0 Å². The van der Waals surface area contributed by atoms with Gasteiger partial charge in [-0.05, 0) is 54.4 Å². The molecule has 0 heterocycles. The Morgan fingerprint density at radius 1 is 0.657 bits per heavy atom. The molecule has 0 saturated heterocycles. The van der Waals surface area contributed by atoms with Crippen molar-refractivity contribution in [3.05, 3.63) is 91.0 Å². The Hall–Kier alpha value is -3.38. The summed E-state index contributed by atoms with van der Waals surface area (Å²) in [5, 5.41) is 2.28. The molecule has 4 rings (SSSR count). The molecule has 0 fully saturated rings. The smallest absolute Gasteiger partial charge is 0.295 e. The summed E-state index contributed by atoms with van der Waals surface area (Å²) in [6, 6.07) is 27.4. The fourth-order valence-corrected chi connectivity index (χ4v) is 7.65. The van der Waals surface area contributed by atoms with Gasteiger partial charge >= 0.3 is 0 Å². The normalized spacial score (nSPS) is 12.1. The molecule has 35 heavy (non-hydrogen) atoms. The third-order valence-corrected chi connectivity index (χ3v) is 9.18. The van der Waals surface area contributed by atoms with Crippen molar-refractivity contribution < 1.29 is 27.2 Å². The van der Waals surface area contributed by atoms with Crippen molar-refractivity contribution in [3.8, 4) is 28.4 Å². The third kappa shape index (κ3) is 5.03. The average molecular weight is 509 g/mol. The molecule has 0 radical (unpaired) electrons. The van der Waals surface area contributed by atoms with Crippen LogP contribution in [0.3, 0.4) is 0 Å². The van der Waals surface area contributed by atoms with Gasteiger partial charge in [-0.1, -0.05) is 60.7 Å². The van der Waals surface area contributed by atoms with Crippen molar-refractivity contribution in [2.24, 2.45) is 0 Å². The highest BCUT2D eigenvalue weighted by atomic mass is 32.2. The zero-order valence-corrected chi connectivity index (χ0v) is 21.2. The highest BCUT2D eigenvalue weighted by molar-refractivity contribution is 7.88. The van der Waals surface area contributed by atoms with Crippen LogP contribution in [0.1, 0.15) is 0 Å². The molecule has 0 bridgehead atoms. The van der Waals surface area contributed by atoms with Crippen molar-refractivity contribution in [2.75, 3.05) is 21.3 Å². The van der Waals surface area contributed by atoms with Crippen LogP contribution in [0.15, 0.2) is 95.9 Å². The van der Waals surface area contributed by atoms with Gasteiger partial charge in [-0.25, -0.2) is 0 Å². The first-order chi connectivity index (χ1) is 16.9. The van der Waals surface area contributed by atoms with Crippen LogP contribution in [-0.4, -0.2) is 34.3 Å².